The fourth-order valence-corrected chi connectivity index (χ4v) is 1.05. The summed E-state index contributed by atoms with van der Waals surface area (Å²) in [6.07, 6.45) is 10.3. The number of hydrogen-bond donors (Lipinski definition) is 0. The highest BCUT2D eigenvalue weighted by molar-refractivity contribution is 5.89. The molecule has 0 radical (unpaired) electrons. The van der Waals surface area contributed by atoms with Crippen molar-refractivity contribution in [1.82, 2.24) is 0 Å². The van der Waals surface area contributed by atoms with Gasteiger partial charge >= 0.3 is 0 Å². The first-order valence-electron chi connectivity index (χ1n) is 3.05. The van der Waals surface area contributed by atoms with Crippen LogP contribution in [0.25, 0.3) is 0 Å². The lowest BCUT2D eigenvalue weighted by atomic mass is 10.1. The second-order valence-corrected chi connectivity index (χ2v) is 2.13. The monoisotopic (exact) mass is 117 g/mol. The van der Waals surface area contributed by atoms with E-state index in [-0.39, 0.29) is 0 Å². The Morgan fingerprint density at radius 1 is 1.33 bits per heavy atom. The highest BCUT2D eigenvalue weighted by Gasteiger charge is 2.04. The number of fused-ring (bicyclic) bond motifs is 1. The molecule has 0 aromatic carbocycles. The lowest BCUT2D eigenvalue weighted by Gasteiger charge is -2.01. The van der Waals surface area contributed by atoms with Gasteiger partial charge in [0, 0.05) is 6.21 Å². The van der Waals surface area contributed by atoms with E-state index >= 15 is 0 Å². The van der Waals surface area contributed by atoms with Crippen LogP contribution >= 0.6 is 0 Å². The van der Waals surface area contributed by atoms with E-state index in [4.69, 9.17) is 0 Å². The molecule has 0 unspecified atom stereocenters. The average molecular weight is 117 g/mol. The van der Waals surface area contributed by atoms with E-state index < -0.39 is 0 Å². The minimum Gasteiger partial charge on any atom is -0.288 e. The molecule has 1 aliphatic heterocycles. The van der Waals surface area contributed by atoms with Gasteiger partial charge in [0.15, 0.2) is 0 Å². The first-order valence-corrected chi connectivity index (χ1v) is 3.05. The molecule has 2 aliphatic rings. The molecule has 0 spiro atoms. The highest BCUT2D eigenvalue weighted by atomic mass is 14.7. The van der Waals surface area contributed by atoms with E-state index in [1.165, 1.54) is 11.1 Å². The summed E-state index contributed by atoms with van der Waals surface area (Å²) in [6.45, 7) is 0.844. The van der Waals surface area contributed by atoms with E-state index in [2.05, 4.69) is 29.3 Å². The van der Waals surface area contributed by atoms with Gasteiger partial charge in [0.1, 0.15) is 0 Å². The molecule has 0 atom stereocenters. The first-order chi connectivity index (χ1) is 4.47. The third kappa shape index (κ3) is 0.653. The minimum atomic E-state index is 0.844. The molecule has 0 fully saturated rings. The summed E-state index contributed by atoms with van der Waals surface area (Å²) in [5, 5.41) is 0. The molecule has 1 heterocycles. The van der Waals surface area contributed by atoms with Gasteiger partial charge in [-0.15, -0.1) is 0 Å². The number of allylic oxidation sites excluding steroid dienone is 5. The van der Waals surface area contributed by atoms with Crippen molar-refractivity contribution in [2.24, 2.45) is 4.99 Å². The standard InChI is InChI=1S/C8H7N/c1-2-7-4-5-9-6-8(7)3-1/h1-4,6H,5H2. The maximum atomic E-state index is 4.11. The van der Waals surface area contributed by atoms with Crippen LogP contribution in [0.3, 0.4) is 0 Å². The molecule has 0 amide bonds. The molecular formula is C8H7N. The molecule has 0 saturated carbocycles. The van der Waals surface area contributed by atoms with E-state index in [1.807, 2.05) is 6.21 Å². The van der Waals surface area contributed by atoms with E-state index in [0.717, 1.165) is 6.54 Å². The lowest BCUT2D eigenvalue weighted by molar-refractivity contribution is 1.22. The van der Waals surface area contributed by atoms with Gasteiger partial charge in [0.25, 0.3) is 0 Å². The normalized spacial score (nSPS) is 21.3. The van der Waals surface area contributed by atoms with Crippen LogP contribution in [-0.4, -0.2) is 12.8 Å². The van der Waals surface area contributed by atoms with Crippen molar-refractivity contribution in [2.75, 3.05) is 6.54 Å². The van der Waals surface area contributed by atoms with Crippen molar-refractivity contribution < 1.29 is 0 Å². The van der Waals surface area contributed by atoms with Gasteiger partial charge in [0.05, 0.1) is 6.54 Å². The molecule has 0 saturated heterocycles. The van der Waals surface area contributed by atoms with Crippen LogP contribution in [0, 0.1) is 0 Å². The summed E-state index contributed by atoms with van der Waals surface area (Å²) in [5.41, 5.74) is 2.58. The van der Waals surface area contributed by atoms with Crippen LogP contribution in [0.4, 0.5) is 0 Å². The van der Waals surface area contributed by atoms with E-state index in [1.54, 1.807) is 0 Å². The van der Waals surface area contributed by atoms with Crippen LogP contribution in [0.2, 0.25) is 0 Å². The summed E-state index contributed by atoms with van der Waals surface area (Å²) < 4.78 is 0. The third-order valence-corrected chi connectivity index (χ3v) is 1.53. The third-order valence-electron chi connectivity index (χ3n) is 1.53. The second-order valence-electron chi connectivity index (χ2n) is 2.13. The van der Waals surface area contributed by atoms with Crippen LogP contribution in [0.5, 0.6) is 0 Å². The largest absolute Gasteiger partial charge is 0.288 e. The zero-order valence-electron chi connectivity index (χ0n) is 5.04. The van der Waals surface area contributed by atoms with Crippen LogP contribution in [0.1, 0.15) is 0 Å². The quantitative estimate of drug-likeness (QED) is 0.456. The van der Waals surface area contributed by atoms with Crippen LogP contribution in [-0.2, 0) is 0 Å². The Morgan fingerprint density at radius 3 is 3.22 bits per heavy atom. The number of rotatable bonds is 0. The minimum absolute atomic E-state index is 0.844. The first kappa shape index (κ1) is 4.74. The van der Waals surface area contributed by atoms with Crippen LogP contribution < -0.4 is 0 Å². The average Bonchev–Trinajstić information content (AvgIpc) is 2.33. The molecule has 0 N–H and O–H groups in total. The second kappa shape index (κ2) is 1.69. The predicted octanol–water partition coefficient (Wildman–Crippen LogP) is 1.49. The fourth-order valence-electron chi connectivity index (χ4n) is 1.05. The zero-order chi connectivity index (χ0) is 6.10. The topological polar surface area (TPSA) is 12.4 Å². The van der Waals surface area contributed by atoms with Crippen molar-refractivity contribution in [3.05, 3.63) is 35.5 Å². The van der Waals surface area contributed by atoms with Gasteiger partial charge in [-0.2, -0.15) is 0 Å². The number of aliphatic imine (C=N–C) groups is 1. The molecule has 1 aliphatic carbocycles. The van der Waals surface area contributed by atoms with E-state index in [9.17, 15) is 0 Å². The Bertz CT molecular complexity index is 241. The maximum absolute atomic E-state index is 4.11. The van der Waals surface area contributed by atoms with Crippen molar-refractivity contribution in [1.29, 1.82) is 0 Å². The smallest absolute Gasteiger partial charge is 0.0579 e. The summed E-state index contributed by atoms with van der Waals surface area (Å²) in [6, 6.07) is 0. The highest BCUT2D eigenvalue weighted by Crippen LogP contribution is 2.18. The molecule has 9 heavy (non-hydrogen) atoms. The number of hydrogen-bond acceptors (Lipinski definition) is 1. The van der Waals surface area contributed by atoms with Gasteiger partial charge in [-0.05, 0) is 11.1 Å². The Hall–Kier alpha value is -1.11. The van der Waals surface area contributed by atoms with Crippen molar-refractivity contribution in [3.8, 4) is 0 Å². The van der Waals surface area contributed by atoms with Crippen LogP contribution in [0.15, 0.2) is 40.4 Å². The molecule has 2 rings (SSSR count). The Labute approximate surface area is 54.1 Å². The maximum Gasteiger partial charge on any atom is 0.0579 e. The zero-order valence-corrected chi connectivity index (χ0v) is 5.04. The summed E-state index contributed by atoms with van der Waals surface area (Å²) in [7, 11) is 0. The molecule has 1 heteroatoms. The molecule has 0 aromatic heterocycles. The summed E-state index contributed by atoms with van der Waals surface area (Å²) in [4.78, 5) is 4.11. The number of dihydropyridines is 1. The van der Waals surface area contributed by atoms with Gasteiger partial charge in [-0.25, -0.2) is 0 Å². The number of nitrogens with zero attached hydrogens (tertiary/aromatic N) is 1. The fraction of sp³-hybridized carbons (Fsp3) is 0.125. The molecule has 1 nitrogen and oxygen atoms in total. The molecule has 44 valence electrons. The lowest BCUT2D eigenvalue weighted by Crippen LogP contribution is -1.92. The Balaban J connectivity index is 2.46. The van der Waals surface area contributed by atoms with Crippen molar-refractivity contribution in [3.63, 3.8) is 0 Å². The Kier molecular flexibility index (Phi) is 0.890. The van der Waals surface area contributed by atoms with Gasteiger partial charge in [-0.1, -0.05) is 24.3 Å². The summed E-state index contributed by atoms with van der Waals surface area (Å²) >= 11 is 0. The predicted molar refractivity (Wildman–Crippen MR) is 38.7 cm³/mol. The van der Waals surface area contributed by atoms with Crippen molar-refractivity contribution in [2.45, 2.75) is 0 Å². The van der Waals surface area contributed by atoms with Gasteiger partial charge in [0.2, 0.25) is 0 Å². The van der Waals surface area contributed by atoms with Gasteiger partial charge in [-0.3, -0.25) is 4.99 Å². The summed E-state index contributed by atoms with van der Waals surface area (Å²) in [5.74, 6) is 0. The van der Waals surface area contributed by atoms with E-state index in [0.29, 0.717) is 0 Å². The Morgan fingerprint density at radius 2 is 2.33 bits per heavy atom. The molecule has 0 bridgehead atoms. The molecule has 0 aromatic rings. The molecular weight excluding hydrogens is 110 g/mol. The van der Waals surface area contributed by atoms with Crippen molar-refractivity contribution >= 4 is 6.21 Å². The van der Waals surface area contributed by atoms with Gasteiger partial charge < -0.3 is 0 Å². The SMILES string of the molecule is C1=CC2=CCN=CC2=C1.